The zero-order valence-electron chi connectivity index (χ0n) is 16.6. The van der Waals surface area contributed by atoms with Crippen molar-refractivity contribution in [1.82, 2.24) is 10.9 Å². The molecular formula is C23H21N3O4. The van der Waals surface area contributed by atoms with Crippen molar-refractivity contribution < 1.29 is 19.1 Å². The quantitative estimate of drug-likeness (QED) is 0.570. The minimum atomic E-state index is -0.516. The van der Waals surface area contributed by atoms with Crippen LogP contribution in [0.25, 0.3) is 0 Å². The molecule has 152 valence electrons. The van der Waals surface area contributed by atoms with E-state index in [9.17, 15) is 14.4 Å². The summed E-state index contributed by atoms with van der Waals surface area (Å²) < 4.78 is 5.08. The van der Waals surface area contributed by atoms with Crippen LogP contribution >= 0.6 is 0 Å². The van der Waals surface area contributed by atoms with Gasteiger partial charge in [-0.15, -0.1) is 0 Å². The fraction of sp³-hybridized carbons (Fsp3) is 0.0870. The second-order valence-corrected chi connectivity index (χ2v) is 6.54. The number of carbonyl (C=O) groups excluding carboxylic acids is 3. The lowest BCUT2D eigenvalue weighted by Crippen LogP contribution is -2.41. The maximum absolute atomic E-state index is 12.4. The lowest BCUT2D eigenvalue weighted by Gasteiger charge is -2.10. The number of benzene rings is 3. The number of hydrogen-bond acceptors (Lipinski definition) is 4. The fourth-order valence-electron chi connectivity index (χ4n) is 2.75. The first-order valence-corrected chi connectivity index (χ1v) is 9.19. The number of hydrogen-bond donors (Lipinski definition) is 3. The molecule has 0 heterocycles. The Hall–Kier alpha value is -4.13. The summed E-state index contributed by atoms with van der Waals surface area (Å²) in [6.07, 6.45) is 0. The Labute approximate surface area is 174 Å². The van der Waals surface area contributed by atoms with Gasteiger partial charge in [0.05, 0.1) is 7.11 Å². The summed E-state index contributed by atoms with van der Waals surface area (Å²) in [5.74, 6) is -0.738. The van der Waals surface area contributed by atoms with Gasteiger partial charge < -0.3 is 10.1 Å². The molecule has 3 aromatic rings. The van der Waals surface area contributed by atoms with Crippen LogP contribution in [0.15, 0.2) is 72.8 Å². The van der Waals surface area contributed by atoms with Crippen molar-refractivity contribution in [2.45, 2.75) is 6.92 Å². The van der Waals surface area contributed by atoms with Crippen molar-refractivity contribution in [2.75, 3.05) is 12.4 Å². The summed E-state index contributed by atoms with van der Waals surface area (Å²) in [5.41, 5.74) is 7.31. The smallest absolute Gasteiger partial charge is 0.269 e. The van der Waals surface area contributed by atoms with Crippen LogP contribution in [0.4, 0.5) is 5.69 Å². The van der Waals surface area contributed by atoms with E-state index in [4.69, 9.17) is 4.74 Å². The van der Waals surface area contributed by atoms with Crippen molar-refractivity contribution in [3.05, 3.63) is 95.1 Å². The topological polar surface area (TPSA) is 96.5 Å². The molecule has 0 radical (unpaired) electrons. The van der Waals surface area contributed by atoms with Crippen LogP contribution in [0.1, 0.15) is 36.6 Å². The number of nitrogens with one attached hydrogen (secondary N) is 3. The number of rotatable bonds is 5. The zero-order chi connectivity index (χ0) is 21.5. The van der Waals surface area contributed by atoms with Gasteiger partial charge in [0.25, 0.3) is 17.7 Å². The van der Waals surface area contributed by atoms with Gasteiger partial charge in [0.2, 0.25) is 0 Å². The third kappa shape index (κ3) is 5.23. The summed E-state index contributed by atoms with van der Waals surface area (Å²) in [6.45, 7) is 1.90. The number of carbonyl (C=O) groups is 3. The lowest BCUT2D eigenvalue weighted by atomic mass is 10.1. The predicted molar refractivity (Wildman–Crippen MR) is 114 cm³/mol. The summed E-state index contributed by atoms with van der Waals surface area (Å²) in [5, 5.41) is 2.76. The molecule has 3 N–H and O–H groups in total. The number of ether oxygens (including phenoxy) is 1. The van der Waals surface area contributed by atoms with Crippen molar-refractivity contribution in [2.24, 2.45) is 0 Å². The Morgan fingerprint density at radius 2 is 1.27 bits per heavy atom. The van der Waals surface area contributed by atoms with Crippen LogP contribution < -0.4 is 20.9 Å². The average molecular weight is 403 g/mol. The third-order valence-electron chi connectivity index (χ3n) is 4.28. The Balaban J connectivity index is 1.62. The first kappa shape index (κ1) is 20.6. The predicted octanol–water partition coefficient (Wildman–Crippen LogP) is 3.33. The molecule has 0 saturated carbocycles. The van der Waals surface area contributed by atoms with E-state index in [0.717, 1.165) is 5.56 Å². The van der Waals surface area contributed by atoms with Gasteiger partial charge in [0.1, 0.15) is 5.75 Å². The Kier molecular flexibility index (Phi) is 6.44. The third-order valence-corrected chi connectivity index (χ3v) is 4.28. The van der Waals surface area contributed by atoms with Gasteiger partial charge in [-0.05, 0) is 55.5 Å². The molecule has 0 fully saturated rings. The van der Waals surface area contributed by atoms with E-state index in [1.54, 1.807) is 60.7 Å². The second-order valence-electron chi connectivity index (χ2n) is 6.54. The largest absolute Gasteiger partial charge is 0.497 e. The van der Waals surface area contributed by atoms with Crippen LogP contribution in [0, 0.1) is 6.92 Å². The number of hydrazine groups is 1. The summed E-state index contributed by atoms with van der Waals surface area (Å²) in [4.78, 5) is 37.0. The zero-order valence-corrected chi connectivity index (χ0v) is 16.6. The maximum Gasteiger partial charge on any atom is 0.269 e. The summed E-state index contributed by atoms with van der Waals surface area (Å²) in [7, 11) is 1.50. The Bertz CT molecular complexity index is 1100. The molecule has 3 amide bonds. The maximum atomic E-state index is 12.4. The van der Waals surface area contributed by atoms with Gasteiger partial charge in [-0.25, -0.2) is 0 Å². The van der Waals surface area contributed by atoms with Crippen molar-refractivity contribution >= 4 is 23.4 Å². The van der Waals surface area contributed by atoms with Gasteiger partial charge >= 0.3 is 0 Å². The monoisotopic (exact) mass is 403 g/mol. The SMILES string of the molecule is COc1cccc(C(=O)NNC(=O)c2cccc(NC(=O)c3cccc(C)c3)c2)c1. The molecule has 30 heavy (non-hydrogen) atoms. The molecule has 0 aromatic heterocycles. The normalized spacial score (nSPS) is 10.1. The molecule has 3 aromatic carbocycles. The number of aryl methyl sites for hydroxylation is 1. The molecule has 7 nitrogen and oxygen atoms in total. The molecule has 0 unspecified atom stereocenters. The molecule has 0 aliphatic heterocycles. The van der Waals surface area contributed by atoms with Crippen LogP contribution in [-0.4, -0.2) is 24.8 Å². The first-order chi connectivity index (χ1) is 14.5. The van der Waals surface area contributed by atoms with Gasteiger partial charge in [-0.3, -0.25) is 25.2 Å². The van der Waals surface area contributed by atoms with Gasteiger partial charge in [0, 0.05) is 22.4 Å². The standard InChI is InChI=1S/C23H21N3O4/c1-15-6-3-7-16(12-15)21(27)24-19-10-4-8-17(13-19)22(28)25-26-23(29)18-9-5-11-20(14-18)30-2/h3-14H,1-2H3,(H,24,27)(H,25,28)(H,26,29). The second kappa shape index (κ2) is 9.38. The van der Waals surface area contributed by atoms with Crippen LogP contribution in [0.3, 0.4) is 0 Å². The number of amides is 3. The molecule has 0 aliphatic rings. The average Bonchev–Trinajstić information content (AvgIpc) is 2.77. The van der Waals surface area contributed by atoms with E-state index in [1.807, 2.05) is 13.0 Å². The molecule has 0 aliphatic carbocycles. The van der Waals surface area contributed by atoms with Crippen molar-refractivity contribution in [1.29, 1.82) is 0 Å². The van der Waals surface area contributed by atoms with Gasteiger partial charge in [-0.1, -0.05) is 29.8 Å². The highest BCUT2D eigenvalue weighted by atomic mass is 16.5. The molecule has 0 saturated heterocycles. The lowest BCUT2D eigenvalue weighted by molar-refractivity contribution is 0.0846. The molecule has 0 spiro atoms. The first-order valence-electron chi connectivity index (χ1n) is 9.19. The van der Waals surface area contributed by atoms with E-state index < -0.39 is 11.8 Å². The van der Waals surface area contributed by atoms with E-state index in [1.165, 1.54) is 13.2 Å². The van der Waals surface area contributed by atoms with Gasteiger partial charge in [0.15, 0.2) is 0 Å². The van der Waals surface area contributed by atoms with Crippen molar-refractivity contribution in [3.8, 4) is 5.75 Å². The Morgan fingerprint density at radius 3 is 1.90 bits per heavy atom. The molecule has 0 atom stereocenters. The molecule has 3 rings (SSSR count). The molecule has 0 bridgehead atoms. The minimum Gasteiger partial charge on any atom is -0.497 e. The highest BCUT2D eigenvalue weighted by molar-refractivity contribution is 6.05. The Morgan fingerprint density at radius 1 is 0.700 bits per heavy atom. The van der Waals surface area contributed by atoms with Crippen molar-refractivity contribution in [3.63, 3.8) is 0 Å². The van der Waals surface area contributed by atoms with Gasteiger partial charge in [-0.2, -0.15) is 0 Å². The highest BCUT2D eigenvalue weighted by Crippen LogP contribution is 2.14. The minimum absolute atomic E-state index is 0.275. The molecule has 7 heteroatoms. The summed E-state index contributed by atoms with van der Waals surface area (Å²) >= 11 is 0. The number of anilines is 1. The van der Waals surface area contributed by atoms with E-state index in [0.29, 0.717) is 22.6 Å². The van der Waals surface area contributed by atoms with E-state index in [-0.39, 0.29) is 11.5 Å². The summed E-state index contributed by atoms with van der Waals surface area (Å²) in [6, 6.07) is 20.2. The van der Waals surface area contributed by atoms with E-state index in [2.05, 4.69) is 16.2 Å². The van der Waals surface area contributed by atoms with E-state index >= 15 is 0 Å². The number of methoxy groups -OCH3 is 1. The highest BCUT2D eigenvalue weighted by Gasteiger charge is 2.12. The molecular weight excluding hydrogens is 382 g/mol. The van der Waals surface area contributed by atoms with Crippen LogP contribution in [-0.2, 0) is 0 Å². The van der Waals surface area contributed by atoms with Crippen LogP contribution in [0.5, 0.6) is 5.75 Å². The van der Waals surface area contributed by atoms with Crippen LogP contribution in [0.2, 0.25) is 0 Å². The fourth-order valence-corrected chi connectivity index (χ4v) is 2.75.